The molecule has 1 heterocycles. The summed E-state index contributed by atoms with van der Waals surface area (Å²) in [6, 6.07) is 14.6. The van der Waals surface area contributed by atoms with E-state index in [1.807, 2.05) is 24.3 Å². The molecule has 0 bridgehead atoms. The van der Waals surface area contributed by atoms with E-state index in [2.05, 4.69) is 41.3 Å². The molecule has 0 aliphatic carbocycles. The Balaban J connectivity index is 1.92. The summed E-state index contributed by atoms with van der Waals surface area (Å²) in [5, 5.41) is 15.5. The summed E-state index contributed by atoms with van der Waals surface area (Å²) in [6.07, 6.45) is -4.79. The van der Waals surface area contributed by atoms with Gasteiger partial charge in [0.1, 0.15) is 11.6 Å². The maximum absolute atomic E-state index is 12.6. The lowest BCUT2D eigenvalue weighted by Crippen LogP contribution is -2.21. The van der Waals surface area contributed by atoms with Gasteiger partial charge in [-0.3, -0.25) is 0 Å². The maximum atomic E-state index is 12.6. The van der Waals surface area contributed by atoms with E-state index in [0.717, 1.165) is 10.0 Å². The van der Waals surface area contributed by atoms with Crippen molar-refractivity contribution in [1.29, 1.82) is 0 Å². The maximum Gasteiger partial charge on any atom is 0.573 e. The quantitative estimate of drug-likeness (QED) is 0.397. The Morgan fingerprint density at radius 3 is 2.58 bits per heavy atom. The van der Waals surface area contributed by atoms with E-state index >= 15 is 0 Å². The average Bonchev–Trinajstić information content (AvgIpc) is 2.72. The first kappa shape index (κ1) is 22.8. The number of aliphatic hydroxyl groups is 1. The first-order valence-corrected chi connectivity index (χ1v) is 10.1. The highest BCUT2D eigenvalue weighted by molar-refractivity contribution is 9.10. The second-order valence-corrected chi connectivity index (χ2v) is 7.56. The van der Waals surface area contributed by atoms with E-state index in [-0.39, 0.29) is 24.3 Å². The minimum absolute atomic E-state index is 0.137. The number of ether oxygens (including phenoxy) is 1. The molecular weight excluding hydrogens is 477 g/mol. The molecule has 3 rings (SSSR count). The molecule has 2 aromatic carbocycles. The van der Waals surface area contributed by atoms with Crippen molar-refractivity contribution in [3.8, 4) is 17.0 Å². The molecule has 10 heteroatoms. The number of hydrogen-bond donors (Lipinski definition) is 3. The van der Waals surface area contributed by atoms with E-state index in [1.54, 1.807) is 19.1 Å². The van der Waals surface area contributed by atoms with Gasteiger partial charge in [-0.25, -0.2) is 4.98 Å². The zero-order valence-corrected chi connectivity index (χ0v) is 18.0. The Labute approximate surface area is 185 Å². The van der Waals surface area contributed by atoms with Crippen LogP contribution in [0.5, 0.6) is 5.75 Å². The van der Waals surface area contributed by atoms with Crippen LogP contribution in [0.3, 0.4) is 0 Å². The monoisotopic (exact) mass is 496 g/mol. The molecule has 3 aromatic rings. The highest BCUT2D eigenvalue weighted by Gasteiger charge is 2.31. The van der Waals surface area contributed by atoms with E-state index in [0.29, 0.717) is 23.6 Å². The van der Waals surface area contributed by atoms with Crippen LogP contribution in [0.25, 0.3) is 11.3 Å². The molecule has 0 aliphatic heterocycles. The van der Waals surface area contributed by atoms with Crippen LogP contribution in [-0.2, 0) is 6.54 Å². The molecular formula is C21H20BrF3N4O2. The Morgan fingerprint density at radius 1 is 1.10 bits per heavy atom. The molecule has 0 unspecified atom stereocenters. The molecule has 1 aromatic heterocycles. The Hall–Kier alpha value is -2.85. The zero-order valence-electron chi connectivity index (χ0n) is 16.4. The van der Waals surface area contributed by atoms with Crippen molar-refractivity contribution in [3.63, 3.8) is 0 Å². The van der Waals surface area contributed by atoms with Gasteiger partial charge in [-0.2, -0.15) is 4.98 Å². The van der Waals surface area contributed by atoms with E-state index in [9.17, 15) is 18.3 Å². The van der Waals surface area contributed by atoms with E-state index in [4.69, 9.17) is 0 Å². The van der Waals surface area contributed by atoms with Crippen molar-refractivity contribution in [2.24, 2.45) is 0 Å². The van der Waals surface area contributed by atoms with Gasteiger partial charge in [-0.1, -0.05) is 46.3 Å². The van der Waals surface area contributed by atoms with Gasteiger partial charge in [0.15, 0.2) is 0 Å². The second kappa shape index (κ2) is 9.97. The molecule has 0 amide bonds. The number of aliphatic hydroxyl groups excluding tert-OH is 1. The largest absolute Gasteiger partial charge is 0.573 e. The molecule has 3 N–H and O–H groups in total. The molecule has 1 atom stereocenters. The van der Waals surface area contributed by atoms with Gasteiger partial charge in [-0.05, 0) is 30.7 Å². The minimum Gasteiger partial charge on any atom is -0.406 e. The number of nitrogens with zero attached hydrogens (tertiary/aromatic N) is 2. The number of rotatable bonds is 8. The summed E-state index contributed by atoms with van der Waals surface area (Å²) < 4.78 is 42.7. The van der Waals surface area contributed by atoms with Gasteiger partial charge in [0, 0.05) is 28.7 Å². The summed E-state index contributed by atoms with van der Waals surface area (Å²) in [5.74, 6) is 0.357. The number of alkyl halides is 3. The number of halogens is 4. The molecule has 6 nitrogen and oxygen atoms in total. The van der Waals surface area contributed by atoms with Crippen LogP contribution in [0.15, 0.2) is 59.1 Å². The van der Waals surface area contributed by atoms with Crippen LogP contribution in [0.2, 0.25) is 0 Å². The number of benzene rings is 2. The van der Waals surface area contributed by atoms with E-state index in [1.165, 1.54) is 18.2 Å². The third-order valence-corrected chi connectivity index (χ3v) is 4.93. The third kappa shape index (κ3) is 6.83. The van der Waals surface area contributed by atoms with E-state index < -0.39 is 6.36 Å². The first-order chi connectivity index (χ1) is 14.7. The zero-order chi connectivity index (χ0) is 22.4. The molecule has 0 saturated carbocycles. The van der Waals surface area contributed by atoms with Crippen LogP contribution < -0.4 is 15.4 Å². The Bertz CT molecular complexity index is 1030. The van der Waals surface area contributed by atoms with Gasteiger partial charge >= 0.3 is 6.36 Å². The number of aromatic nitrogens is 2. The van der Waals surface area contributed by atoms with Crippen molar-refractivity contribution < 1.29 is 23.0 Å². The molecule has 0 fully saturated rings. The molecule has 0 radical (unpaired) electrons. The van der Waals surface area contributed by atoms with Crippen molar-refractivity contribution in [2.45, 2.75) is 25.9 Å². The molecule has 0 saturated heterocycles. The molecule has 0 aliphatic rings. The standard InChI is InChI=1S/C21H20BrF3N4O2/c1-13(12-30)27-20-28-18(14-6-4-7-16(9-14)31-21(23,24)25)10-19(29-20)26-11-15-5-2-3-8-17(15)22/h2-10,13,30H,11-12H2,1H3,(H2,26,27,28,29)/t13-/m1/s1. The third-order valence-electron chi connectivity index (χ3n) is 4.16. The SMILES string of the molecule is C[C@H](CO)Nc1nc(NCc2ccccc2Br)cc(-c2cccc(OC(F)(F)F)c2)n1. The number of anilines is 2. The lowest BCUT2D eigenvalue weighted by atomic mass is 10.1. The predicted molar refractivity (Wildman–Crippen MR) is 116 cm³/mol. The van der Waals surface area contributed by atoms with Crippen molar-refractivity contribution in [1.82, 2.24) is 9.97 Å². The van der Waals surface area contributed by atoms with Gasteiger partial charge in [-0.15, -0.1) is 13.2 Å². The van der Waals surface area contributed by atoms with Gasteiger partial charge in [0.25, 0.3) is 0 Å². The minimum atomic E-state index is -4.79. The molecule has 0 spiro atoms. The van der Waals surface area contributed by atoms with Crippen molar-refractivity contribution in [2.75, 3.05) is 17.2 Å². The van der Waals surface area contributed by atoms with Crippen LogP contribution in [0.1, 0.15) is 12.5 Å². The van der Waals surface area contributed by atoms with Gasteiger partial charge in [0.05, 0.1) is 12.3 Å². The fourth-order valence-electron chi connectivity index (χ4n) is 2.70. The average molecular weight is 497 g/mol. The molecule has 164 valence electrons. The van der Waals surface area contributed by atoms with Crippen molar-refractivity contribution >= 4 is 27.7 Å². The summed E-state index contributed by atoms with van der Waals surface area (Å²) in [7, 11) is 0. The van der Waals surface area contributed by atoms with Crippen LogP contribution in [0.4, 0.5) is 24.9 Å². The number of hydrogen-bond acceptors (Lipinski definition) is 6. The smallest absolute Gasteiger partial charge is 0.406 e. The van der Waals surface area contributed by atoms with Gasteiger partial charge in [0.2, 0.25) is 5.95 Å². The molecule has 31 heavy (non-hydrogen) atoms. The first-order valence-electron chi connectivity index (χ1n) is 9.33. The highest BCUT2D eigenvalue weighted by Crippen LogP contribution is 2.29. The highest BCUT2D eigenvalue weighted by atomic mass is 79.9. The fourth-order valence-corrected chi connectivity index (χ4v) is 3.12. The Morgan fingerprint density at radius 2 is 1.87 bits per heavy atom. The second-order valence-electron chi connectivity index (χ2n) is 6.71. The van der Waals surface area contributed by atoms with Crippen LogP contribution in [0, 0.1) is 0 Å². The lowest BCUT2D eigenvalue weighted by Gasteiger charge is -2.15. The van der Waals surface area contributed by atoms with Crippen LogP contribution >= 0.6 is 15.9 Å². The predicted octanol–water partition coefficient (Wildman–Crippen LogP) is 5.21. The summed E-state index contributed by atoms with van der Waals surface area (Å²) in [6.45, 7) is 2.08. The summed E-state index contributed by atoms with van der Waals surface area (Å²) >= 11 is 3.49. The topological polar surface area (TPSA) is 79.3 Å². The lowest BCUT2D eigenvalue weighted by molar-refractivity contribution is -0.274. The van der Waals surface area contributed by atoms with Crippen LogP contribution in [-0.4, -0.2) is 34.1 Å². The Kier molecular flexibility index (Phi) is 7.34. The number of nitrogens with one attached hydrogen (secondary N) is 2. The van der Waals surface area contributed by atoms with Gasteiger partial charge < -0.3 is 20.5 Å². The van der Waals surface area contributed by atoms with Crippen molar-refractivity contribution in [3.05, 3.63) is 64.6 Å². The summed E-state index contributed by atoms with van der Waals surface area (Å²) in [4.78, 5) is 8.78. The fraction of sp³-hybridized carbons (Fsp3) is 0.238. The normalized spacial score (nSPS) is 12.3. The summed E-state index contributed by atoms with van der Waals surface area (Å²) in [5.41, 5.74) is 1.82.